The Balaban J connectivity index is 2.52. The largest absolute Gasteiger partial charge is 0.508 e. The average Bonchev–Trinajstić information content (AvgIpc) is 2.43. The highest BCUT2D eigenvalue weighted by atomic mass is 16.3. The van der Waals surface area contributed by atoms with E-state index in [0.29, 0.717) is 30.8 Å². The number of benzene rings is 1. The van der Waals surface area contributed by atoms with Gasteiger partial charge in [-0.15, -0.1) is 0 Å². The van der Waals surface area contributed by atoms with Crippen molar-refractivity contribution in [3.05, 3.63) is 29.3 Å². The minimum Gasteiger partial charge on any atom is -0.508 e. The molecule has 1 aromatic carbocycles. The molecule has 0 spiro atoms. The van der Waals surface area contributed by atoms with Crippen LogP contribution in [0.25, 0.3) is 0 Å². The van der Waals surface area contributed by atoms with Gasteiger partial charge in [-0.25, -0.2) is 0 Å². The number of phenols is 1. The third kappa shape index (κ3) is 3.98. The van der Waals surface area contributed by atoms with E-state index in [-0.39, 0.29) is 24.0 Å². The van der Waals surface area contributed by atoms with Crippen molar-refractivity contribution in [2.24, 2.45) is 0 Å². The molecule has 0 saturated heterocycles. The smallest absolute Gasteiger partial charge is 0.251 e. The summed E-state index contributed by atoms with van der Waals surface area (Å²) in [7, 11) is 0. The van der Waals surface area contributed by atoms with Crippen molar-refractivity contribution in [3.63, 3.8) is 0 Å². The quantitative estimate of drug-likeness (QED) is 0.832. The van der Waals surface area contributed by atoms with Crippen LogP contribution in [0.1, 0.15) is 36.2 Å². The second-order valence-electron chi connectivity index (χ2n) is 4.52. The van der Waals surface area contributed by atoms with Crippen LogP contribution >= 0.6 is 0 Å². The van der Waals surface area contributed by atoms with E-state index in [9.17, 15) is 14.7 Å². The summed E-state index contributed by atoms with van der Waals surface area (Å²) in [5, 5.41) is 12.3. The Morgan fingerprint density at radius 3 is 2.50 bits per heavy atom. The van der Waals surface area contributed by atoms with Gasteiger partial charge in [0.15, 0.2) is 0 Å². The number of hydrogen-bond donors (Lipinski definition) is 2. The summed E-state index contributed by atoms with van der Waals surface area (Å²) in [4.78, 5) is 25.5. The lowest BCUT2D eigenvalue weighted by molar-refractivity contribution is -0.130. The van der Waals surface area contributed by atoms with Crippen LogP contribution in [0.5, 0.6) is 5.75 Å². The monoisotopic (exact) mass is 278 g/mol. The molecular weight excluding hydrogens is 256 g/mol. The van der Waals surface area contributed by atoms with Gasteiger partial charge in [0.25, 0.3) is 5.91 Å². The minimum atomic E-state index is -0.272. The van der Waals surface area contributed by atoms with Crippen LogP contribution in [0, 0.1) is 6.92 Å². The van der Waals surface area contributed by atoms with E-state index in [1.165, 1.54) is 6.07 Å². The number of aromatic hydroxyl groups is 1. The molecule has 2 N–H and O–H groups in total. The molecule has 5 nitrogen and oxygen atoms in total. The lowest BCUT2D eigenvalue weighted by Crippen LogP contribution is -2.34. The van der Waals surface area contributed by atoms with Crippen LogP contribution in [-0.4, -0.2) is 41.5 Å². The number of nitrogens with one attached hydrogen (secondary N) is 1. The molecule has 0 atom stereocenters. The molecule has 0 bridgehead atoms. The van der Waals surface area contributed by atoms with Gasteiger partial charge in [-0.3, -0.25) is 9.59 Å². The van der Waals surface area contributed by atoms with Gasteiger partial charge in [-0.1, -0.05) is 6.07 Å². The Morgan fingerprint density at radius 2 is 1.90 bits per heavy atom. The standard InChI is InChI=1S/C15H22N2O3/c1-4-17(5-2)14(19)9-10-16-15(20)12-7-6-8-13(18)11(12)3/h6-8,18H,4-5,9-10H2,1-3H3,(H,16,20). The molecule has 0 aliphatic rings. The molecule has 20 heavy (non-hydrogen) atoms. The fraction of sp³-hybridized carbons (Fsp3) is 0.467. The third-order valence-electron chi connectivity index (χ3n) is 3.29. The van der Waals surface area contributed by atoms with E-state index >= 15 is 0 Å². The van der Waals surface area contributed by atoms with Crippen LogP contribution < -0.4 is 5.32 Å². The number of carbonyl (C=O) groups excluding carboxylic acids is 2. The number of nitrogens with zero attached hydrogens (tertiary/aromatic N) is 1. The van der Waals surface area contributed by atoms with Crippen LogP contribution in [0.3, 0.4) is 0 Å². The summed E-state index contributed by atoms with van der Waals surface area (Å²) < 4.78 is 0. The summed E-state index contributed by atoms with van der Waals surface area (Å²) in [6, 6.07) is 4.81. The van der Waals surface area contributed by atoms with E-state index in [1.807, 2.05) is 13.8 Å². The van der Waals surface area contributed by atoms with Crippen molar-refractivity contribution in [1.82, 2.24) is 10.2 Å². The maximum atomic E-state index is 12.0. The predicted molar refractivity (Wildman–Crippen MR) is 77.7 cm³/mol. The molecule has 0 radical (unpaired) electrons. The molecule has 0 aliphatic heterocycles. The zero-order chi connectivity index (χ0) is 15.1. The summed E-state index contributed by atoms with van der Waals surface area (Å²) in [5.41, 5.74) is 0.973. The normalized spacial score (nSPS) is 10.2. The van der Waals surface area contributed by atoms with Crippen LogP contribution in [-0.2, 0) is 4.79 Å². The molecule has 0 saturated carbocycles. The summed E-state index contributed by atoms with van der Waals surface area (Å²) >= 11 is 0. The highest BCUT2D eigenvalue weighted by molar-refractivity contribution is 5.96. The Morgan fingerprint density at radius 1 is 1.25 bits per heavy atom. The van der Waals surface area contributed by atoms with Crippen LogP contribution in [0.4, 0.5) is 0 Å². The lowest BCUT2D eigenvalue weighted by atomic mass is 10.1. The lowest BCUT2D eigenvalue weighted by Gasteiger charge is -2.18. The second kappa shape index (κ2) is 7.53. The summed E-state index contributed by atoms with van der Waals surface area (Å²) in [6.45, 7) is 7.19. The molecule has 0 aliphatic carbocycles. The van der Waals surface area contributed by atoms with Crippen molar-refractivity contribution >= 4 is 11.8 Å². The second-order valence-corrected chi connectivity index (χ2v) is 4.52. The molecule has 5 heteroatoms. The highest BCUT2D eigenvalue weighted by Gasteiger charge is 2.13. The van der Waals surface area contributed by atoms with Crippen molar-refractivity contribution in [3.8, 4) is 5.75 Å². The number of hydrogen-bond acceptors (Lipinski definition) is 3. The van der Waals surface area contributed by atoms with Gasteiger partial charge in [-0.05, 0) is 32.9 Å². The Labute approximate surface area is 119 Å². The molecule has 0 unspecified atom stereocenters. The number of amides is 2. The molecule has 110 valence electrons. The zero-order valence-corrected chi connectivity index (χ0v) is 12.3. The summed E-state index contributed by atoms with van der Waals surface area (Å²) in [6.07, 6.45) is 0.283. The van der Waals surface area contributed by atoms with Gasteiger partial charge in [0.05, 0.1) is 0 Å². The maximum absolute atomic E-state index is 12.0. The average molecular weight is 278 g/mol. The maximum Gasteiger partial charge on any atom is 0.251 e. The van der Waals surface area contributed by atoms with Crippen molar-refractivity contribution < 1.29 is 14.7 Å². The van der Waals surface area contributed by atoms with Crippen LogP contribution in [0.15, 0.2) is 18.2 Å². The first-order chi connectivity index (χ1) is 9.51. The highest BCUT2D eigenvalue weighted by Crippen LogP contribution is 2.19. The van der Waals surface area contributed by atoms with Gasteiger partial charge in [-0.2, -0.15) is 0 Å². The van der Waals surface area contributed by atoms with E-state index in [2.05, 4.69) is 5.32 Å². The van der Waals surface area contributed by atoms with Gasteiger partial charge >= 0.3 is 0 Å². The number of rotatable bonds is 6. The van der Waals surface area contributed by atoms with Gasteiger partial charge in [0.2, 0.25) is 5.91 Å². The fourth-order valence-electron chi connectivity index (χ4n) is 1.98. The van der Waals surface area contributed by atoms with Gasteiger partial charge < -0.3 is 15.3 Å². The van der Waals surface area contributed by atoms with Gasteiger partial charge in [0, 0.05) is 37.2 Å². The van der Waals surface area contributed by atoms with Crippen molar-refractivity contribution in [1.29, 1.82) is 0 Å². The Bertz CT molecular complexity index is 482. The number of phenolic OH excluding ortho intramolecular Hbond substituents is 1. The van der Waals surface area contributed by atoms with Crippen molar-refractivity contribution in [2.75, 3.05) is 19.6 Å². The molecule has 0 fully saturated rings. The molecule has 0 aromatic heterocycles. The third-order valence-corrected chi connectivity index (χ3v) is 3.29. The first-order valence-corrected chi connectivity index (χ1v) is 6.85. The summed E-state index contributed by atoms with van der Waals surface area (Å²) in [5.74, 6) is -0.148. The topological polar surface area (TPSA) is 69.6 Å². The Hall–Kier alpha value is -2.04. The van der Waals surface area contributed by atoms with E-state index < -0.39 is 0 Å². The molecule has 0 heterocycles. The first kappa shape index (κ1) is 16.0. The Kier molecular flexibility index (Phi) is 6.03. The van der Waals surface area contributed by atoms with Crippen LogP contribution in [0.2, 0.25) is 0 Å². The van der Waals surface area contributed by atoms with E-state index in [4.69, 9.17) is 0 Å². The SMILES string of the molecule is CCN(CC)C(=O)CCNC(=O)c1cccc(O)c1C. The van der Waals surface area contributed by atoms with E-state index in [1.54, 1.807) is 24.0 Å². The molecular formula is C15H22N2O3. The first-order valence-electron chi connectivity index (χ1n) is 6.85. The predicted octanol–water partition coefficient (Wildman–Crippen LogP) is 1.69. The number of carbonyl (C=O) groups is 2. The van der Waals surface area contributed by atoms with Crippen molar-refractivity contribution in [2.45, 2.75) is 27.2 Å². The van der Waals surface area contributed by atoms with E-state index in [0.717, 1.165) is 0 Å². The minimum absolute atomic E-state index is 0.0305. The fourth-order valence-corrected chi connectivity index (χ4v) is 1.98. The molecule has 2 amide bonds. The molecule has 1 rings (SSSR count). The molecule has 1 aromatic rings. The van der Waals surface area contributed by atoms with Gasteiger partial charge in [0.1, 0.15) is 5.75 Å². The zero-order valence-electron chi connectivity index (χ0n) is 12.3.